The van der Waals surface area contributed by atoms with Crippen LogP contribution in [0.3, 0.4) is 0 Å². The molecule has 0 atom stereocenters. The quantitative estimate of drug-likeness (QED) is 0.648. The van der Waals surface area contributed by atoms with Crippen LogP contribution in [0.2, 0.25) is 0 Å². The Kier molecular flexibility index (Phi) is 5.04. The van der Waals surface area contributed by atoms with Crippen molar-refractivity contribution in [1.82, 2.24) is 0 Å². The van der Waals surface area contributed by atoms with Crippen LogP contribution < -0.4 is 10.1 Å². The van der Waals surface area contributed by atoms with Gasteiger partial charge in [0.15, 0.2) is 17.5 Å². The number of rotatable bonds is 5. The zero-order valence-electron chi connectivity index (χ0n) is 12.8. The van der Waals surface area contributed by atoms with Crippen molar-refractivity contribution in [3.05, 3.63) is 81.8 Å². The van der Waals surface area contributed by atoms with Gasteiger partial charge >= 0.3 is 0 Å². The number of carbonyl (C=O) groups excluding carboxylic acids is 1. The highest BCUT2D eigenvalue weighted by Crippen LogP contribution is 2.27. The third kappa shape index (κ3) is 4.00. The Morgan fingerprint density at radius 1 is 1.04 bits per heavy atom. The van der Waals surface area contributed by atoms with E-state index < -0.39 is 23.4 Å². The van der Waals surface area contributed by atoms with Gasteiger partial charge in [0.1, 0.15) is 17.2 Å². The number of thiophene rings is 1. The molecule has 1 heterocycles. The van der Waals surface area contributed by atoms with Crippen molar-refractivity contribution in [2.24, 2.45) is 0 Å². The van der Waals surface area contributed by atoms with Gasteiger partial charge in [0.05, 0.1) is 0 Å². The largest absolute Gasteiger partial charge is 0.487 e. The lowest BCUT2D eigenvalue weighted by atomic mass is 10.2. The molecule has 0 bridgehead atoms. The maximum atomic E-state index is 13.2. The summed E-state index contributed by atoms with van der Waals surface area (Å²) < 4.78 is 45.1. The summed E-state index contributed by atoms with van der Waals surface area (Å²) in [4.78, 5) is 12.5. The number of hydrogen-bond acceptors (Lipinski definition) is 3. The molecule has 3 aromatic rings. The van der Waals surface area contributed by atoms with E-state index in [1.54, 1.807) is 11.4 Å². The van der Waals surface area contributed by atoms with Crippen LogP contribution in [-0.2, 0) is 6.61 Å². The van der Waals surface area contributed by atoms with E-state index in [0.717, 1.165) is 16.9 Å². The zero-order valence-corrected chi connectivity index (χ0v) is 13.6. The first kappa shape index (κ1) is 17.0. The van der Waals surface area contributed by atoms with E-state index in [9.17, 15) is 18.0 Å². The molecule has 7 heteroatoms. The molecule has 0 unspecified atom stereocenters. The van der Waals surface area contributed by atoms with Crippen molar-refractivity contribution in [3.63, 3.8) is 0 Å². The third-order valence-electron chi connectivity index (χ3n) is 3.31. The van der Waals surface area contributed by atoms with Crippen LogP contribution in [0.4, 0.5) is 18.9 Å². The Morgan fingerprint density at radius 2 is 1.72 bits per heavy atom. The molecule has 0 aliphatic carbocycles. The molecule has 0 aliphatic rings. The average Bonchev–Trinajstić information content (AvgIpc) is 3.07. The fraction of sp³-hybridized carbons (Fsp3) is 0.0556. The van der Waals surface area contributed by atoms with Gasteiger partial charge in [0.25, 0.3) is 5.91 Å². The highest BCUT2D eigenvalue weighted by molar-refractivity contribution is 7.12. The van der Waals surface area contributed by atoms with E-state index in [1.807, 2.05) is 30.3 Å². The molecule has 25 heavy (non-hydrogen) atoms. The van der Waals surface area contributed by atoms with Crippen molar-refractivity contribution in [3.8, 4) is 5.75 Å². The van der Waals surface area contributed by atoms with Crippen molar-refractivity contribution in [1.29, 1.82) is 0 Å². The van der Waals surface area contributed by atoms with Crippen LogP contribution >= 0.6 is 11.3 Å². The summed E-state index contributed by atoms with van der Waals surface area (Å²) in [5.41, 5.74) is 0.756. The van der Waals surface area contributed by atoms with Crippen LogP contribution in [0.25, 0.3) is 0 Å². The monoisotopic (exact) mass is 363 g/mol. The SMILES string of the molecule is O=C(Nc1cc(F)c(F)c(F)c1)c1sccc1OCc1ccccc1. The second kappa shape index (κ2) is 7.40. The topological polar surface area (TPSA) is 38.3 Å². The number of nitrogens with one attached hydrogen (secondary N) is 1. The molecular formula is C18H12F3NO2S. The normalized spacial score (nSPS) is 10.5. The van der Waals surface area contributed by atoms with Crippen LogP contribution in [0, 0.1) is 17.5 Å². The number of anilines is 1. The van der Waals surface area contributed by atoms with Crippen LogP contribution in [0.15, 0.2) is 53.9 Å². The van der Waals surface area contributed by atoms with Gasteiger partial charge < -0.3 is 10.1 Å². The van der Waals surface area contributed by atoms with Crippen LogP contribution in [0.1, 0.15) is 15.2 Å². The molecule has 0 spiro atoms. The molecule has 3 rings (SSSR count). The fourth-order valence-electron chi connectivity index (χ4n) is 2.13. The van der Waals surface area contributed by atoms with Gasteiger partial charge in [-0.05, 0) is 17.0 Å². The maximum absolute atomic E-state index is 13.2. The molecule has 0 radical (unpaired) electrons. The van der Waals surface area contributed by atoms with Crippen LogP contribution in [0.5, 0.6) is 5.75 Å². The Balaban J connectivity index is 1.72. The highest BCUT2D eigenvalue weighted by atomic mass is 32.1. The minimum Gasteiger partial charge on any atom is -0.487 e. The Labute approximate surface area is 145 Å². The molecule has 0 fully saturated rings. The fourth-order valence-corrected chi connectivity index (χ4v) is 2.86. The summed E-state index contributed by atoms with van der Waals surface area (Å²) in [7, 11) is 0. The first-order chi connectivity index (χ1) is 12.0. The zero-order chi connectivity index (χ0) is 17.8. The summed E-state index contributed by atoms with van der Waals surface area (Å²) in [5, 5.41) is 4.00. The summed E-state index contributed by atoms with van der Waals surface area (Å²) in [6.07, 6.45) is 0. The summed E-state index contributed by atoms with van der Waals surface area (Å²) in [6.45, 7) is 0.275. The minimum atomic E-state index is -1.58. The molecule has 0 saturated heterocycles. The number of hydrogen-bond donors (Lipinski definition) is 1. The summed E-state index contributed by atoms with van der Waals surface area (Å²) in [6, 6.07) is 12.5. The lowest BCUT2D eigenvalue weighted by Gasteiger charge is -2.09. The van der Waals surface area contributed by atoms with Gasteiger partial charge in [0.2, 0.25) is 0 Å². The van der Waals surface area contributed by atoms with Gasteiger partial charge in [0, 0.05) is 17.8 Å². The van der Waals surface area contributed by atoms with Crippen molar-refractivity contribution in [2.75, 3.05) is 5.32 Å². The van der Waals surface area contributed by atoms with Crippen molar-refractivity contribution in [2.45, 2.75) is 6.61 Å². The Hall–Kier alpha value is -2.80. The first-order valence-corrected chi connectivity index (χ1v) is 8.12. The summed E-state index contributed by atoms with van der Waals surface area (Å²) >= 11 is 1.12. The van der Waals surface area contributed by atoms with E-state index in [2.05, 4.69) is 5.32 Å². The van der Waals surface area contributed by atoms with Gasteiger partial charge in [-0.25, -0.2) is 13.2 Å². The van der Waals surface area contributed by atoms with E-state index in [-0.39, 0.29) is 17.2 Å². The van der Waals surface area contributed by atoms with E-state index in [0.29, 0.717) is 17.9 Å². The molecule has 3 nitrogen and oxygen atoms in total. The van der Waals surface area contributed by atoms with Gasteiger partial charge in [-0.15, -0.1) is 11.3 Å². The molecule has 1 amide bonds. The second-order valence-corrected chi connectivity index (χ2v) is 6.01. The number of ether oxygens (including phenoxy) is 1. The Bertz CT molecular complexity index is 873. The van der Waals surface area contributed by atoms with Crippen molar-refractivity contribution < 1.29 is 22.7 Å². The number of carbonyl (C=O) groups is 1. The second-order valence-electron chi connectivity index (χ2n) is 5.10. The summed E-state index contributed by atoms with van der Waals surface area (Å²) in [5.74, 6) is -4.57. The lowest BCUT2D eigenvalue weighted by molar-refractivity contribution is 0.102. The van der Waals surface area contributed by atoms with Gasteiger partial charge in [-0.1, -0.05) is 30.3 Å². The average molecular weight is 363 g/mol. The maximum Gasteiger partial charge on any atom is 0.269 e. The Morgan fingerprint density at radius 3 is 2.40 bits per heavy atom. The van der Waals surface area contributed by atoms with E-state index in [1.165, 1.54) is 0 Å². The minimum absolute atomic E-state index is 0.177. The number of amides is 1. The predicted molar refractivity (Wildman–Crippen MR) is 89.4 cm³/mol. The molecule has 0 saturated carbocycles. The molecule has 128 valence electrons. The van der Waals surface area contributed by atoms with Gasteiger partial charge in [-0.2, -0.15) is 0 Å². The van der Waals surface area contributed by atoms with Gasteiger partial charge in [-0.3, -0.25) is 4.79 Å². The number of halogens is 3. The van der Waals surface area contributed by atoms with Crippen molar-refractivity contribution >= 4 is 22.9 Å². The molecule has 1 aromatic heterocycles. The molecule has 1 N–H and O–H groups in total. The third-order valence-corrected chi connectivity index (χ3v) is 4.21. The van der Waals surface area contributed by atoms with Crippen LogP contribution in [-0.4, -0.2) is 5.91 Å². The molecule has 2 aromatic carbocycles. The molecular weight excluding hydrogens is 351 g/mol. The first-order valence-electron chi connectivity index (χ1n) is 7.24. The lowest BCUT2D eigenvalue weighted by Crippen LogP contribution is -2.12. The smallest absolute Gasteiger partial charge is 0.269 e. The van der Waals surface area contributed by atoms with E-state index >= 15 is 0 Å². The standard InChI is InChI=1S/C18H12F3NO2S/c19-13-8-12(9-14(20)16(13)21)22-18(23)17-15(6-7-25-17)24-10-11-4-2-1-3-5-11/h1-9H,10H2,(H,22,23). The predicted octanol–water partition coefficient (Wildman–Crippen LogP) is 5.00. The highest BCUT2D eigenvalue weighted by Gasteiger charge is 2.17. The molecule has 0 aliphatic heterocycles. The van der Waals surface area contributed by atoms with E-state index in [4.69, 9.17) is 4.74 Å². The number of benzene rings is 2.